The van der Waals surface area contributed by atoms with Gasteiger partial charge in [-0.05, 0) is 30.9 Å². The number of piperidine rings is 1. The molecule has 1 unspecified atom stereocenters. The summed E-state index contributed by atoms with van der Waals surface area (Å²) in [5.41, 5.74) is 1.51. The van der Waals surface area contributed by atoms with Crippen LogP contribution in [0.4, 0.5) is 0 Å². The van der Waals surface area contributed by atoms with E-state index in [9.17, 15) is 4.79 Å². The molecule has 1 atom stereocenters. The van der Waals surface area contributed by atoms with Crippen LogP contribution in [0.2, 0.25) is 0 Å². The highest BCUT2D eigenvalue weighted by molar-refractivity contribution is 6.04. The van der Waals surface area contributed by atoms with Crippen molar-refractivity contribution in [2.45, 2.75) is 19.8 Å². The third-order valence-corrected chi connectivity index (χ3v) is 4.05. The van der Waals surface area contributed by atoms with Crippen LogP contribution in [-0.2, 0) is 0 Å². The maximum atomic E-state index is 12.3. The molecule has 1 amide bonds. The summed E-state index contributed by atoms with van der Waals surface area (Å²) in [4.78, 5) is 12.3. The molecule has 5 nitrogen and oxygen atoms in total. The van der Waals surface area contributed by atoms with Crippen LogP contribution in [0.3, 0.4) is 0 Å². The van der Waals surface area contributed by atoms with Crippen molar-refractivity contribution in [3.63, 3.8) is 0 Å². The number of para-hydroxylation sites is 1. The number of aromatic nitrogens is 2. The fourth-order valence-corrected chi connectivity index (χ4v) is 2.78. The lowest BCUT2D eigenvalue weighted by molar-refractivity contribution is 0.0921. The van der Waals surface area contributed by atoms with Crippen molar-refractivity contribution < 1.29 is 4.79 Å². The zero-order chi connectivity index (χ0) is 14.0. The molecule has 1 fully saturated rings. The van der Waals surface area contributed by atoms with Crippen LogP contribution in [0.1, 0.15) is 30.3 Å². The zero-order valence-corrected chi connectivity index (χ0v) is 12.9. The Balaban J connectivity index is 0.00000161. The normalized spacial score (nSPS) is 21.8. The number of rotatable bonds is 3. The molecule has 1 aliphatic rings. The molecule has 3 rings (SSSR count). The van der Waals surface area contributed by atoms with Gasteiger partial charge in [-0.15, -0.1) is 12.4 Å². The van der Waals surface area contributed by atoms with Crippen LogP contribution in [0.5, 0.6) is 0 Å². The lowest BCUT2D eigenvalue weighted by atomic mass is 9.83. The van der Waals surface area contributed by atoms with Gasteiger partial charge in [0.25, 0.3) is 5.91 Å². The van der Waals surface area contributed by atoms with Crippen LogP contribution in [-0.4, -0.2) is 35.7 Å². The molecule has 1 aliphatic heterocycles. The van der Waals surface area contributed by atoms with Crippen LogP contribution >= 0.6 is 12.4 Å². The lowest BCUT2D eigenvalue weighted by Crippen LogP contribution is -2.45. The minimum absolute atomic E-state index is 0. The molecule has 3 N–H and O–H groups in total. The first-order chi connectivity index (χ1) is 9.68. The molecular weight excluding hydrogens is 288 g/mol. The van der Waals surface area contributed by atoms with Gasteiger partial charge in [-0.25, -0.2) is 0 Å². The first-order valence-electron chi connectivity index (χ1n) is 7.10. The Kier molecular flexibility index (Phi) is 4.85. The minimum atomic E-state index is -0.103. The predicted molar refractivity (Wildman–Crippen MR) is 85.9 cm³/mol. The third kappa shape index (κ3) is 3.36. The van der Waals surface area contributed by atoms with E-state index >= 15 is 0 Å². The van der Waals surface area contributed by atoms with Crippen LogP contribution in [0.15, 0.2) is 24.3 Å². The molecule has 0 radical (unpaired) electrons. The SMILES string of the molecule is CC1(CNC(=O)c2n[nH]c3ccccc23)CCCNC1.Cl. The van der Waals surface area contributed by atoms with Crippen molar-refractivity contribution in [2.75, 3.05) is 19.6 Å². The van der Waals surface area contributed by atoms with Crippen molar-refractivity contribution >= 4 is 29.2 Å². The largest absolute Gasteiger partial charge is 0.350 e. The average molecular weight is 309 g/mol. The summed E-state index contributed by atoms with van der Waals surface area (Å²) in [5.74, 6) is -0.103. The summed E-state index contributed by atoms with van der Waals surface area (Å²) in [5, 5.41) is 14.3. The Labute approximate surface area is 130 Å². The quantitative estimate of drug-likeness (QED) is 0.813. The molecule has 0 spiro atoms. The van der Waals surface area contributed by atoms with Gasteiger partial charge in [-0.3, -0.25) is 9.89 Å². The Hall–Kier alpha value is -1.59. The molecule has 0 aliphatic carbocycles. The fourth-order valence-electron chi connectivity index (χ4n) is 2.78. The van der Waals surface area contributed by atoms with E-state index in [1.807, 2.05) is 24.3 Å². The second-order valence-electron chi connectivity index (χ2n) is 5.89. The second kappa shape index (κ2) is 6.45. The topological polar surface area (TPSA) is 69.8 Å². The zero-order valence-electron chi connectivity index (χ0n) is 12.1. The number of nitrogens with one attached hydrogen (secondary N) is 3. The van der Waals surface area contributed by atoms with Crippen LogP contribution < -0.4 is 10.6 Å². The van der Waals surface area contributed by atoms with E-state index in [1.54, 1.807) is 0 Å². The molecule has 2 aromatic rings. The minimum Gasteiger partial charge on any atom is -0.350 e. The van der Waals surface area contributed by atoms with E-state index in [2.05, 4.69) is 27.8 Å². The maximum absolute atomic E-state index is 12.3. The standard InChI is InChI=1S/C15H20N4O.ClH/c1-15(7-4-8-16-9-15)10-17-14(20)13-11-5-2-3-6-12(11)18-19-13;/h2-3,5-6,16H,4,7-10H2,1H3,(H,17,20)(H,18,19);1H. The number of hydrogen-bond acceptors (Lipinski definition) is 3. The van der Waals surface area contributed by atoms with Gasteiger partial charge in [0.2, 0.25) is 0 Å². The highest BCUT2D eigenvalue weighted by atomic mass is 35.5. The number of hydrogen-bond donors (Lipinski definition) is 3. The summed E-state index contributed by atoms with van der Waals surface area (Å²) < 4.78 is 0. The van der Waals surface area contributed by atoms with Gasteiger partial charge in [0.15, 0.2) is 5.69 Å². The van der Waals surface area contributed by atoms with Crippen LogP contribution in [0, 0.1) is 5.41 Å². The molecule has 2 heterocycles. The highest BCUT2D eigenvalue weighted by Crippen LogP contribution is 2.24. The van der Waals surface area contributed by atoms with E-state index in [0.29, 0.717) is 12.2 Å². The lowest BCUT2D eigenvalue weighted by Gasteiger charge is -2.34. The monoisotopic (exact) mass is 308 g/mol. The van der Waals surface area contributed by atoms with Gasteiger partial charge in [0.05, 0.1) is 5.52 Å². The number of carbonyl (C=O) groups is 1. The summed E-state index contributed by atoms with van der Waals surface area (Å²) in [6.07, 6.45) is 2.30. The molecule has 1 aromatic heterocycles. The number of aromatic amines is 1. The van der Waals surface area contributed by atoms with Gasteiger partial charge < -0.3 is 10.6 Å². The summed E-state index contributed by atoms with van der Waals surface area (Å²) in [7, 11) is 0. The highest BCUT2D eigenvalue weighted by Gasteiger charge is 2.27. The molecule has 6 heteroatoms. The molecule has 0 saturated carbocycles. The van der Waals surface area contributed by atoms with E-state index in [0.717, 1.165) is 36.8 Å². The average Bonchev–Trinajstić information content (AvgIpc) is 2.90. The van der Waals surface area contributed by atoms with Crippen molar-refractivity contribution in [1.29, 1.82) is 0 Å². The van der Waals surface area contributed by atoms with E-state index < -0.39 is 0 Å². The number of carbonyl (C=O) groups excluding carboxylic acids is 1. The molecule has 21 heavy (non-hydrogen) atoms. The van der Waals surface area contributed by atoms with Crippen molar-refractivity contribution in [2.24, 2.45) is 5.41 Å². The van der Waals surface area contributed by atoms with Crippen molar-refractivity contribution in [3.05, 3.63) is 30.0 Å². The first kappa shape index (κ1) is 15.8. The Morgan fingerprint density at radius 1 is 1.43 bits per heavy atom. The van der Waals surface area contributed by atoms with Gasteiger partial charge in [0, 0.05) is 18.5 Å². The van der Waals surface area contributed by atoms with E-state index in [1.165, 1.54) is 0 Å². The van der Waals surface area contributed by atoms with Gasteiger partial charge >= 0.3 is 0 Å². The number of amides is 1. The van der Waals surface area contributed by atoms with Crippen molar-refractivity contribution in [3.8, 4) is 0 Å². The molecule has 1 aromatic carbocycles. The number of nitrogens with zero attached hydrogens (tertiary/aromatic N) is 1. The molecular formula is C15H21ClN4O. The number of H-pyrrole nitrogens is 1. The molecule has 114 valence electrons. The summed E-state index contributed by atoms with van der Waals surface area (Å²) >= 11 is 0. The predicted octanol–water partition coefficient (Wildman–Crippen LogP) is 2.10. The molecule has 0 bridgehead atoms. The maximum Gasteiger partial charge on any atom is 0.272 e. The fraction of sp³-hybridized carbons (Fsp3) is 0.467. The summed E-state index contributed by atoms with van der Waals surface area (Å²) in [6, 6.07) is 7.68. The second-order valence-corrected chi connectivity index (χ2v) is 5.89. The van der Waals surface area contributed by atoms with Gasteiger partial charge in [-0.1, -0.05) is 25.1 Å². The van der Waals surface area contributed by atoms with E-state index in [4.69, 9.17) is 0 Å². The van der Waals surface area contributed by atoms with Crippen LogP contribution in [0.25, 0.3) is 10.9 Å². The summed E-state index contributed by atoms with van der Waals surface area (Å²) in [6.45, 7) is 4.92. The Morgan fingerprint density at radius 3 is 3.00 bits per heavy atom. The third-order valence-electron chi connectivity index (χ3n) is 4.05. The smallest absolute Gasteiger partial charge is 0.272 e. The van der Waals surface area contributed by atoms with Gasteiger partial charge in [0.1, 0.15) is 0 Å². The number of halogens is 1. The Bertz CT molecular complexity index is 619. The first-order valence-corrected chi connectivity index (χ1v) is 7.10. The number of benzene rings is 1. The number of fused-ring (bicyclic) bond motifs is 1. The van der Waals surface area contributed by atoms with Crippen molar-refractivity contribution in [1.82, 2.24) is 20.8 Å². The van der Waals surface area contributed by atoms with Gasteiger partial charge in [-0.2, -0.15) is 5.10 Å². The Morgan fingerprint density at radius 2 is 2.24 bits per heavy atom. The van der Waals surface area contributed by atoms with E-state index in [-0.39, 0.29) is 23.7 Å². The molecule has 1 saturated heterocycles.